The van der Waals surface area contributed by atoms with Gasteiger partial charge < -0.3 is 9.47 Å². The normalized spacial score (nSPS) is 20.7. The van der Waals surface area contributed by atoms with E-state index in [1.165, 1.54) is 23.3 Å². The van der Waals surface area contributed by atoms with E-state index in [9.17, 15) is 8.78 Å². The monoisotopic (exact) mass is 331 g/mol. The Morgan fingerprint density at radius 3 is 2.88 bits per heavy atom. The zero-order valence-corrected chi connectivity index (χ0v) is 13.3. The van der Waals surface area contributed by atoms with Crippen molar-refractivity contribution in [1.82, 2.24) is 4.90 Å². The first-order chi connectivity index (χ1) is 11.7. The van der Waals surface area contributed by atoms with Crippen molar-refractivity contribution in [3.05, 3.63) is 64.7 Å². The second-order valence-electron chi connectivity index (χ2n) is 6.30. The Morgan fingerprint density at radius 1 is 1.08 bits per heavy atom. The van der Waals surface area contributed by atoms with E-state index < -0.39 is 11.6 Å². The first-order valence-corrected chi connectivity index (χ1v) is 8.22. The topological polar surface area (TPSA) is 21.7 Å². The van der Waals surface area contributed by atoms with Crippen LogP contribution in [0.5, 0.6) is 5.75 Å². The molecule has 1 saturated heterocycles. The van der Waals surface area contributed by atoms with Crippen LogP contribution in [0.2, 0.25) is 0 Å². The maximum atomic E-state index is 14.0. The van der Waals surface area contributed by atoms with Gasteiger partial charge in [-0.05, 0) is 23.3 Å². The fraction of sp³-hybridized carbons (Fsp3) is 0.368. The number of fused-ring (bicyclic) bond motifs is 1. The molecule has 0 N–H and O–H groups in total. The molecule has 2 aliphatic heterocycles. The van der Waals surface area contributed by atoms with E-state index in [4.69, 9.17) is 9.47 Å². The van der Waals surface area contributed by atoms with Gasteiger partial charge in [-0.2, -0.15) is 0 Å². The Balaban J connectivity index is 1.47. The molecule has 3 nitrogen and oxygen atoms in total. The van der Waals surface area contributed by atoms with Crippen LogP contribution in [-0.2, 0) is 17.7 Å². The smallest absolute Gasteiger partial charge is 0.131 e. The molecule has 2 aromatic rings. The van der Waals surface area contributed by atoms with E-state index in [0.29, 0.717) is 18.7 Å². The van der Waals surface area contributed by atoms with E-state index in [2.05, 4.69) is 17.0 Å². The molecule has 126 valence electrons. The Hall–Kier alpha value is -1.98. The van der Waals surface area contributed by atoms with Crippen molar-refractivity contribution in [2.45, 2.75) is 19.1 Å². The van der Waals surface area contributed by atoms with Crippen LogP contribution < -0.4 is 4.74 Å². The summed E-state index contributed by atoms with van der Waals surface area (Å²) in [6.07, 6.45) is 0.590. The standard InChI is InChI=1S/C19H19F2NO2/c20-15-2-3-16(17(21)10-15)19-12-22(6-8-24-19)11-13-1-4-18-14(9-13)5-7-23-18/h1-4,9-10,19H,5-8,11-12H2. The van der Waals surface area contributed by atoms with E-state index >= 15 is 0 Å². The molecule has 2 aromatic carbocycles. The minimum Gasteiger partial charge on any atom is -0.493 e. The summed E-state index contributed by atoms with van der Waals surface area (Å²) < 4.78 is 38.3. The Labute approximate surface area is 139 Å². The van der Waals surface area contributed by atoms with Crippen LogP contribution in [-0.4, -0.2) is 31.2 Å². The van der Waals surface area contributed by atoms with Crippen LogP contribution in [0.3, 0.4) is 0 Å². The van der Waals surface area contributed by atoms with Gasteiger partial charge in [-0.1, -0.05) is 18.2 Å². The molecule has 0 saturated carbocycles. The third-order valence-electron chi connectivity index (χ3n) is 4.62. The van der Waals surface area contributed by atoms with Crippen LogP contribution >= 0.6 is 0 Å². The van der Waals surface area contributed by atoms with Gasteiger partial charge in [0.1, 0.15) is 17.4 Å². The highest BCUT2D eigenvalue weighted by atomic mass is 19.1. The fourth-order valence-corrected chi connectivity index (χ4v) is 3.39. The maximum absolute atomic E-state index is 14.0. The lowest BCUT2D eigenvalue weighted by Crippen LogP contribution is -2.38. The van der Waals surface area contributed by atoms with Gasteiger partial charge in [-0.3, -0.25) is 4.90 Å². The zero-order valence-electron chi connectivity index (χ0n) is 13.3. The Morgan fingerprint density at radius 2 is 2.00 bits per heavy atom. The lowest BCUT2D eigenvalue weighted by atomic mass is 10.1. The van der Waals surface area contributed by atoms with Gasteiger partial charge in [0.25, 0.3) is 0 Å². The van der Waals surface area contributed by atoms with Crippen molar-refractivity contribution in [1.29, 1.82) is 0 Å². The molecule has 24 heavy (non-hydrogen) atoms. The molecule has 4 rings (SSSR count). The lowest BCUT2D eigenvalue weighted by Gasteiger charge is -2.33. The van der Waals surface area contributed by atoms with E-state index in [1.54, 1.807) is 0 Å². The maximum Gasteiger partial charge on any atom is 0.131 e. The van der Waals surface area contributed by atoms with Crippen molar-refractivity contribution in [2.24, 2.45) is 0 Å². The van der Waals surface area contributed by atoms with E-state index in [0.717, 1.165) is 37.9 Å². The quantitative estimate of drug-likeness (QED) is 0.860. The SMILES string of the molecule is Fc1ccc(C2CN(Cc3ccc4c(c3)CCO4)CCO2)c(F)c1. The molecule has 1 atom stereocenters. The summed E-state index contributed by atoms with van der Waals surface area (Å²) in [6, 6.07) is 9.96. The molecular formula is C19H19F2NO2. The molecule has 1 unspecified atom stereocenters. The number of hydrogen-bond donors (Lipinski definition) is 0. The minimum atomic E-state index is -0.565. The van der Waals surface area contributed by atoms with Gasteiger partial charge in [0, 0.05) is 37.7 Å². The van der Waals surface area contributed by atoms with Crippen LogP contribution in [0.1, 0.15) is 22.8 Å². The second kappa shape index (κ2) is 6.49. The van der Waals surface area contributed by atoms with Gasteiger partial charge >= 0.3 is 0 Å². The second-order valence-corrected chi connectivity index (χ2v) is 6.30. The summed E-state index contributed by atoms with van der Waals surface area (Å²) in [7, 11) is 0. The Bertz CT molecular complexity index is 750. The van der Waals surface area contributed by atoms with Crippen molar-refractivity contribution in [2.75, 3.05) is 26.3 Å². The summed E-state index contributed by atoms with van der Waals surface area (Å²) in [5, 5.41) is 0. The van der Waals surface area contributed by atoms with Crippen LogP contribution in [0.4, 0.5) is 8.78 Å². The first-order valence-electron chi connectivity index (χ1n) is 8.22. The lowest BCUT2D eigenvalue weighted by molar-refractivity contribution is -0.0345. The molecule has 5 heteroatoms. The summed E-state index contributed by atoms with van der Waals surface area (Å²) in [5.74, 6) is -0.132. The van der Waals surface area contributed by atoms with Crippen molar-refractivity contribution >= 4 is 0 Å². The average molecular weight is 331 g/mol. The number of benzene rings is 2. The molecule has 0 spiro atoms. The third-order valence-corrected chi connectivity index (χ3v) is 4.62. The molecule has 0 radical (unpaired) electrons. The van der Waals surface area contributed by atoms with Gasteiger partial charge in [-0.15, -0.1) is 0 Å². The largest absolute Gasteiger partial charge is 0.493 e. The molecule has 1 fully saturated rings. The number of hydrogen-bond acceptors (Lipinski definition) is 3. The third kappa shape index (κ3) is 3.14. The minimum absolute atomic E-state index is 0.364. The predicted molar refractivity (Wildman–Crippen MR) is 86.0 cm³/mol. The van der Waals surface area contributed by atoms with Crippen molar-refractivity contribution in [3.8, 4) is 5.75 Å². The average Bonchev–Trinajstić information content (AvgIpc) is 3.03. The van der Waals surface area contributed by atoms with Gasteiger partial charge in [0.2, 0.25) is 0 Å². The molecule has 0 amide bonds. The van der Waals surface area contributed by atoms with Gasteiger partial charge in [-0.25, -0.2) is 8.78 Å². The Kier molecular flexibility index (Phi) is 4.21. The summed E-state index contributed by atoms with van der Waals surface area (Å²) in [4.78, 5) is 2.24. The van der Waals surface area contributed by atoms with Crippen LogP contribution in [0.15, 0.2) is 36.4 Å². The molecular weight excluding hydrogens is 312 g/mol. The zero-order chi connectivity index (χ0) is 16.5. The molecule has 2 heterocycles. The van der Waals surface area contributed by atoms with Crippen LogP contribution in [0, 0.1) is 11.6 Å². The first kappa shape index (κ1) is 15.5. The number of ether oxygens (including phenoxy) is 2. The summed E-state index contributed by atoms with van der Waals surface area (Å²) in [5.41, 5.74) is 2.89. The molecule has 0 aromatic heterocycles. The number of halogens is 2. The van der Waals surface area contributed by atoms with Crippen LogP contribution in [0.25, 0.3) is 0 Å². The molecule has 2 aliphatic rings. The number of nitrogens with zero attached hydrogens (tertiary/aromatic N) is 1. The van der Waals surface area contributed by atoms with E-state index in [-0.39, 0.29) is 6.10 Å². The van der Waals surface area contributed by atoms with Crippen molar-refractivity contribution in [3.63, 3.8) is 0 Å². The number of morpholine rings is 1. The highest BCUT2D eigenvalue weighted by molar-refractivity contribution is 5.39. The highest BCUT2D eigenvalue weighted by Gasteiger charge is 2.25. The highest BCUT2D eigenvalue weighted by Crippen LogP contribution is 2.28. The van der Waals surface area contributed by atoms with Crippen molar-refractivity contribution < 1.29 is 18.3 Å². The number of rotatable bonds is 3. The van der Waals surface area contributed by atoms with E-state index in [1.807, 2.05) is 6.07 Å². The fourth-order valence-electron chi connectivity index (χ4n) is 3.39. The summed E-state index contributed by atoms with van der Waals surface area (Å²) >= 11 is 0. The molecule has 0 aliphatic carbocycles. The van der Waals surface area contributed by atoms with Gasteiger partial charge in [0.05, 0.1) is 19.3 Å². The van der Waals surface area contributed by atoms with Gasteiger partial charge in [0.15, 0.2) is 0 Å². The predicted octanol–water partition coefficient (Wildman–Crippen LogP) is 3.47. The summed E-state index contributed by atoms with van der Waals surface area (Å²) in [6.45, 7) is 3.47. The molecule has 0 bridgehead atoms.